The van der Waals surface area contributed by atoms with Gasteiger partial charge in [0, 0.05) is 5.41 Å². The highest BCUT2D eigenvalue weighted by Gasteiger charge is 2.64. The van der Waals surface area contributed by atoms with Gasteiger partial charge in [-0.2, -0.15) is 0 Å². The van der Waals surface area contributed by atoms with E-state index in [-0.39, 0.29) is 11.4 Å². The normalized spacial score (nSPS) is 27.3. The first-order chi connectivity index (χ1) is 6.71. The minimum Gasteiger partial charge on any atom is -0.468 e. The Labute approximate surface area is 83.5 Å². The highest BCUT2D eigenvalue weighted by Crippen LogP contribution is 2.52. The van der Waals surface area contributed by atoms with Gasteiger partial charge in [0.1, 0.15) is 5.41 Å². The molecule has 0 N–H and O–H groups in total. The fourth-order valence-corrected chi connectivity index (χ4v) is 2.31. The number of carbonyl (C=O) groups excluding carboxylic acids is 1. The first-order valence-corrected chi connectivity index (χ1v) is 4.95. The van der Waals surface area contributed by atoms with E-state index in [2.05, 4.69) is 6.92 Å². The van der Waals surface area contributed by atoms with E-state index < -0.39 is 5.41 Å². The fraction of sp³-hybridized carbons (Fsp3) is 0.900. The zero-order chi connectivity index (χ0) is 10.2. The lowest BCUT2D eigenvalue weighted by molar-refractivity contribution is -0.269. The topological polar surface area (TPSA) is 44.8 Å². The first-order valence-electron chi connectivity index (χ1n) is 4.95. The molecule has 0 aromatic carbocycles. The lowest BCUT2D eigenvalue weighted by Gasteiger charge is -2.56. The molecule has 0 saturated carbocycles. The Balaban J connectivity index is 2.22. The van der Waals surface area contributed by atoms with Crippen molar-refractivity contribution in [3.63, 3.8) is 0 Å². The van der Waals surface area contributed by atoms with Gasteiger partial charge in [-0.1, -0.05) is 6.92 Å². The number of ether oxygens (including phenoxy) is 3. The lowest BCUT2D eigenvalue weighted by Crippen LogP contribution is -2.67. The van der Waals surface area contributed by atoms with Gasteiger partial charge in [-0.25, -0.2) is 0 Å². The van der Waals surface area contributed by atoms with E-state index in [0.29, 0.717) is 26.4 Å². The summed E-state index contributed by atoms with van der Waals surface area (Å²) < 4.78 is 15.3. The molecule has 0 aromatic rings. The summed E-state index contributed by atoms with van der Waals surface area (Å²) in [6, 6.07) is 0. The van der Waals surface area contributed by atoms with Gasteiger partial charge < -0.3 is 14.2 Å². The second-order valence-corrected chi connectivity index (χ2v) is 4.19. The molecule has 2 rings (SSSR count). The van der Waals surface area contributed by atoms with Crippen molar-refractivity contribution in [2.24, 2.45) is 10.8 Å². The van der Waals surface area contributed by atoms with Crippen LogP contribution in [-0.4, -0.2) is 39.5 Å². The Morgan fingerprint density at radius 2 is 1.86 bits per heavy atom. The molecule has 0 aliphatic carbocycles. The standard InChI is InChI=1S/C10H16O4/c1-3-9(4-13-5-9)10(6-14-7-10)8(11)12-2/h3-7H2,1-2H3. The van der Waals surface area contributed by atoms with E-state index in [4.69, 9.17) is 14.2 Å². The summed E-state index contributed by atoms with van der Waals surface area (Å²) in [5.74, 6) is -0.145. The maximum Gasteiger partial charge on any atom is 0.317 e. The Bertz CT molecular complexity index is 235. The summed E-state index contributed by atoms with van der Waals surface area (Å²) in [7, 11) is 1.44. The van der Waals surface area contributed by atoms with Crippen molar-refractivity contribution in [3.8, 4) is 0 Å². The highest BCUT2D eigenvalue weighted by molar-refractivity contribution is 5.79. The summed E-state index contributed by atoms with van der Waals surface area (Å²) in [6.45, 7) is 4.36. The smallest absolute Gasteiger partial charge is 0.317 e. The zero-order valence-electron chi connectivity index (χ0n) is 8.67. The van der Waals surface area contributed by atoms with E-state index in [9.17, 15) is 4.79 Å². The third kappa shape index (κ3) is 0.982. The van der Waals surface area contributed by atoms with Gasteiger partial charge >= 0.3 is 5.97 Å². The summed E-state index contributed by atoms with van der Waals surface area (Å²) in [5, 5.41) is 0. The Morgan fingerprint density at radius 3 is 2.07 bits per heavy atom. The maximum absolute atomic E-state index is 11.8. The summed E-state index contributed by atoms with van der Waals surface area (Å²) in [5.41, 5.74) is -0.479. The van der Waals surface area contributed by atoms with E-state index in [0.717, 1.165) is 6.42 Å². The molecule has 14 heavy (non-hydrogen) atoms. The van der Waals surface area contributed by atoms with Crippen LogP contribution in [0.4, 0.5) is 0 Å². The first kappa shape index (κ1) is 9.93. The van der Waals surface area contributed by atoms with Gasteiger partial charge in [0.25, 0.3) is 0 Å². The Hall–Kier alpha value is -0.610. The third-order valence-corrected chi connectivity index (χ3v) is 3.72. The summed E-state index contributed by atoms with van der Waals surface area (Å²) >= 11 is 0. The number of hydrogen-bond donors (Lipinski definition) is 0. The van der Waals surface area contributed by atoms with Crippen LogP contribution in [0.25, 0.3) is 0 Å². The van der Waals surface area contributed by atoms with E-state index in [1.54, 1.807) is 0 Å². The quantitative estimate of drug-likeness (QED) is 0.626. The molecule has 0 radical (unpaired) electrons. The van der Waals surface area contributed by atoms with Crippen molar-refractivity contribution in [1.82, 2.24) is 0 Å². The highest BCUT2D eigenvalue weighted by atomic mass is 16.6. The predicted octanol–water partition coefficient (Wildman–Crippen LogP) is 0.603. The second-order valence-electron chi connectivity index (χ2n) is 4.19. The lowest BCUT2D eigenvalue weighted by atomic mass is 9.59. The predicted molar refractivity (Wildman–Crippen MR) is 48.8 cm³/mol. The van der Waals surface area contributed by atoms with Gasteiger partial charge in [0.05, 0.1) is 33.5 Å². The van der Waals surface area contributed by atoms with Crippen LogP contribution >= 0.6 is 0 Å². The molecule has 2 fully saturated rings. The average Bonchev–Trinajstić information content (AvgIpc) is 2.06. The monoisotopic (exact) mass is 200 g/mol. The molecule has 0 atom stereocenters. The zero-order valence-corrected chi connectivity index (χ0v) is 8.67. The molecule has 2 heterocycles. The van der Waals surface area contributed by atoms with E-state index >= 15 is 0 Å². The van der Waals surface area contributed by atoms with Crippen LogP contribution in [0.3, 0.4) is 0 Å². The molecule has 2 aliphatic heterocycles. The van der Waals surface area contributed by atoms with Crippen LogP contribution in [-0.2, 0) is 19.0 Å². The van der Waals surface area contributed by atoms with E-state index in [1.165, 1.54) is 7.11 Å². The minimum atomic E-state index is -0.436. The molecular formula is C10H16O4. The van der Waals surface area contributed by atoms with Crippen molar-refractivity contribution in [2.75, 3.05) is 33.5 Å². The molecule has 80 valence electrons. The van der Waals surface area contributed by atoms with Crippen molar-refractivity contribution in [1.29, 1.82) is 0 Å². The second kappa shape index (κ2) is 3.21. The van der Waals surface area contributed by atoms with Gasteiger partial charge in [0.15, 0.2) is 0 Å². The molecule has 0 amide bonds. The van der Waals surface area contributed by atoms with Crippen LogP contribution in [0.15, 0.2) is 0 Å². The summed E-state index contributed by atoms with van der Waals surface area (Å²) in [6.07, 6.45) is 0.936. The van der Waals surface area contributed by atoms with Gasteiger partial charge in [0.2, 0.25) is 0 Å². The molecule has 2 saturated heterocycles. The van der Waals surface area contributed by atoms with Crippen molar-refractivity contribution in [3.05, 3.63) is 0 Å². The van der Waals surface area contributed by atoms with Crippen molar-refractivity contribution in [2.45, 2.75) is 13.3 Å². The van der Waals surface area contributed by atoms with Crippen LogP contribution in [0.2, 0.25) is 0 Å². The minimum absolute atomic E-state index is 0.0433. The average molecular weight is 200 g/mol. The van der Waals surface area contributed by atoms with Gasteiger partial charge in [-0.05, 0) is 6.42 Å². The fourth-order valence-electron chi connectivity index (χ4n) is 2.31. The molecule has 2 aliphatic rings. The number of hydrogen-bond acceptors (Lipinski definition) is 4. The summed E-state index contributed by atoms with van der Waals surface area (Å²) in [4.78, 5) is 11.8. The van der Waals surface area contributed by atoms with E-state index in [1.807, 2.05) is 0 Å². The number of methoxy groups -OCH3 is 1. The molecule has 0 aromatic heterocycles. The molecule has 0 bridgehead atoms. The third-order valence-electron chi connectivity index (χ3n) is 3.72. The number of carbonyl (C=O) groups is 1. The molecule has 0 unspecified atom stereocenters. The maximum atomic E-state index is 11.8. The molecule has 4 heteroatoms. The van der Waals surface area contributed by atoms with Crippen LogP contribution < -0.4 is 0 Å². The van der Waals surface area contributed by atoms with Crippen LogP contribution in [0.1, 0.15) is 13.3 Å². The largest absolute Gasteiger partial charge is 0.468 e. The van der Waals surface area contributed by atoms with Crippen LogP contribution in [0.5, 0.6) is 0 Å². The SMILES string of the molecule is CCC1(C2(C(=O)OC)COC2)COC1. The molecule has 0 spiro atoms. The van der Waals surface area contributed by atoms with Crippen molar-refractivity contribution < 1.29 is 19.0 Å². The Kier molecular flexibility index (Phi) is 2.27. The van der Waals surface area contributed by atoms with Gasteiger partial charge in [-0.15, -0.1) is 0 Å². The van der Waals surface area contributed by atoms with Crippen molar-refractivity contribution >= 4 is 5.97 Å². The molecule has 4 nitrogen and oxygen atoms in total. The van der Waals surface area contributed by atoms with Gasteiger partial charge in [-0.3, -0.25) is 4.79 Å². The Morgan fingerprint density at radius 1 is 1.29 bits per heavy atom. The molecular weight excluding hydrogens is 184 g/mol. The van der Waals surface area contributed by atoms with Crippen LogP contribution in [0, 0.1) is 10.8 Å². The number of esters is 1. The number of rotatable bonds is 3.